The highest BCUT2D eigenvalue weighted by molar-refractivity contribution is 6.31. The Hall–Kier alpha value is -2.76. The zero-order chi connectivity index (χ0) is 24.0. The van der Waals surface area contributed by atoms with Gasteiger partial charge in [0.25, 0.3) is 0 Å². The molecule has 0 aliphatic carbocycles. The number of nitrogens with one attached hydrogen (secondary N) is 2. The molecular weight excluding hydrogens is 445 g/mol. The molecule has 3 aromatic carbocycles. The zero-order valence-corrected chi connectivity index (χ0v) is 19.5. The van der Waals surface area contributed by atoms with E-state index >= 15 is 0 Å². The summed E-state index contributed by atoms with van der Waals surface area (Å²) in [6.45, 7) is 6.12. The lowest BCUT2D eigenvalue weighted by Gasteiger charge is -2.28. The fraction of sp³-hybridized carbons (Fsp3) is 0.259. The Morgan fingerprint density at radius 1 is 0.970 bits per heavy atom. The van der Waals surface area contributed by atoms with Crippen LogP contribution >= 0.6 is 11.6 Å². The van der Waals surface area contributed by atoms with Crippen LogP contribution < -0.4 is 10.6 Å². The standard InChI is InChI=1S/C27H28ClF3N2/c1-18-9-13-22(17-24(18)28)25(16-12-20-10-14-23(15-11-20)27(29,30)31)33-26(19(2)32-3)21-7-5-4-6-8-21/h4-11,13-15,17,25-26,32-33H,2,12,16H2,1,3H3/t25-,26+/m1/s1. The number of rotatable bonds is 9. The SMILES string of the molecule is C=C(NC)[C@H](N[C@H](CCc1ccc(C(F)(F)F)cc1)c1ccc(C)c(Cl)c1)c1ccccc1. The summed E-state index contributed by atoms with van der Waals surface area (Å²) >= 11 is 6.41. The number of hydrogen-bond donors (Lipinski definition) is 2. The molecular formula is C27H28ClF3N2. The van der Waals surface area contributed by atoms with Crippen molar-refractivity contribution in [3.05, 3.63) is 118 Å². The van der Waals surface area contributed by atoms with Gasteiger partial charge in [0.2, 0.25) is 0 Å². The predicted octanol–water partition coefficient (Wildman–Crippen LogP) is 7.41. The van der Waals surface area contributed by atoms with E-state index < -0.39 is 11.7 Å². The van der Waals surface area contributed by atoms with Gasteiger partial charge in [-0.2, -0.15) is 13.2 Å². The second kappa shape index (κ2) is 10.9. The molecule has 2 nitrogen and oxygen atoms in total. The van der Waals surface area contributed by atoms with Crippen molar-refractivity contribution in [3.63, 3.8) is 0 Å². The first-order valence-corrected chi connectivity index (χ1v) is 11.2. The van der Waals surface area contributed by atoms with Crippen LogP contribution in [0.15, 0.2) is 85.1 Å². The van der Waals surface area contributed by atoms with Gasteiger partial charge < -0.3 is 5.32 Å². The van der Waals surface area contributed by atoms with Crippen molar-refractivity contribution in [3.8, 4) is 0 Å². The molecule has 0 unspecified atom stereocenters. The highest BCUT2D eigenvalue weighted by atomic mass is 35.5. The first-order valence-electron chi connectivity index (χ1n) is 10.8. The lowest BCUT2D eigenvalue weighted by atomic mass is 9.95. The maximum absolute atomic E-state index is 12.9. The molecule has 33 heavy (non-hydrogen) atoms. The predicted molar refractivity (Wildman–Crippen MR) is 129 cm³/mol. The van der Waals surface area contributed by atoms with E-state index in [2.05, 4.69) is 17.2 Å². The molecule has 0 aromatic heterocycles. The topological polar surface area (TPSA) is 24.1 Å². The number of hydrogen-bond acceptors (Lipinski definition) is 2. The third-order valence-corrected chi connectivity index (χ3v) is 6.18. The first-order chi connectivity index (χ1) is 15.7. The van der Waals surface area contributed by atoms with Crippen LogP contribution in [0.4, 0.5) is 13.2 Å². The highest BCUT2D eigenvalue weighted by Gasteiger charge is 2.30. The minimum atomic E-state index is -4.34. The van der Waals surface area contributed by atoms with Crippen LogP contribution in [0, 0.1) is 6.92 Å². The van der Waals surface area contributed by atoms with Gasteiger partial charge in [-0.05, 0) is 60.2 Å². The van der Waals surface area contributed by atoms with Crippen molar-refractivity contribution >= 4 is 11.6 Å². The fourth-order valence-corrected chi connectivity index (χ4v) is 3.92. The van der Waals surface area contributed by atoms with E-state index in [9.17, 15) is 13.2 Å². The van der Waals surface area contributed by atoms with Gasteiger partial charge in [0.1, 0.15) is 0 Å². The second-order valence-electron chi connectivity index (χ2n) is 8.08. The summed E-state index contributed by atoms with van der Waals surface area (Å²) in [6, 6.07) is 21.1. The normalized spacial score (nSPS) is 13.4. The third kappa shape index (κ3) is 6.62. The minimum Gasteiger partial charge on any atom is -0.390 e. The Kier molecular flexibility index (Phi) is 8.22. The summed E-state index contributed by atoms with van der Waals surface area (Å²) in [4.78, 5) is 0. The largest absolute Gasteiger partial charge is 0.416 e. The first kappa shape index (κ1) is 24.9. The summed E-state index contributed by atoms with van der Waals surface area (Å²) in [5.41, 5.74) is 4.09. The van der Waals surface area contributed by atoms with Crippen LogP contribution in [0.2, 0.25) is 5.02 Å². The molecule has 0 spiro atoms. The summed E-state index contributed by atoms with van der Waals surface area (Å²) in [5.74, 6) is 0. The highest BCUT2D eigenvalue weighted by Crippen LogP contribution is 2.31. The van der Waals surface area contributed by atoms with E-state index in [0.717, 1.165) is 40.1 Å². The van der Waals surface area contributed by atoms with Gasteiger partial charge in [0.15, 0.2) is 0 Å². The quantitative estimate of drug-likeness (QED) is 0.339. The molecule has 2 N–H and O–H groups in total. The molecule has 0 amide bonds. The van der Waals surface area contributed by atoms with Gasteiger partial charge >= 0.3 is 6.18 Å². The van der Waals surface area contributed by atoms with Crippen molar-refractivity contribution in [1.82, 2.24) is 10.6 Å². The maximum Gasteiger partial charge on any atom is 0.416 e. The number of benzene rings is 3. The van der Waals surface area contributed by atoms with E-state index in [1.165, 1.54) is 0 Å². The molecule has 174 valence electrons. The Balaban J connectivity index is 1.87. The van der Waals surface area contributed by atoms with Gasteiger partial charge in [-0.15, -0.1) is 0 Å². The summed E-state index contributed by atoms with van der Waals surface area (Å²) in [6.07, 6.45) is -3.06. The zero-order valence-electron chi connectivity index (χ0n) is 18.7. The number of likely N-dealkylation sites (N-methyl/N-ethyl adjacent to an activating group) is 1. The summed E-state index contributed by atoms with van der Waals surface area (Å²) in [5, 5.41) is 7.51. The molecule has 0 saturated carbocycles. The molecule has 0 aliphatic rings. The van der Waals surface area contributed by atoms with E-state index in [1.807, 2.05) is 62.5 Å². The number of halogens is 4. The lowest BCUT2D eigenvalue weighted by Crippen LogP contribution is -2.31. The number of alkyl halides is 3. The van der Waals surface area contributed by atoms with Gasteiger partial charge in [0.05, 0.1) is 11.6 Å². The molecule has 0 saturated heterocycles. The Morgan fingerprint density at radius 3 is 2.21 bits per heavy atom. The second-order valence-corrected chi connectivity index (χ2v) is 8.49. The van der Waals surface area contributed by atoms with Crippen molar-refractivity contribution in [1.29, 1.82) is 0 Å². The van der Waals surface area contributed by atoms with Crippen LogP contribution in [-0.4, -0.2) is 7.05 Å². The van der Waals surface area contributed by atoms with Crippen molar-refractivity contribution < 1.29 is 13.2 Å². The Labute approximate surface area is 198 Å². The van der Waals surface area contributed by atoms with Crippen LogP contribution in [-0.2, 0) is 12.6 Å². The number of aryl methyl sites for hydroxylation is 2. The average Bonchev–Trinajstić information content (AvgIpc) is 2.81. The van der Waals surface area contributed by atoms with Crippen LogP contribution in [0.3, 0.4) is 0 Å². The maximum atomic E-state index is 12.9. The molecule has 0 aliphatic heterocycles. The molecule has 0 bridgehead atoms. The molecule has 0 radical (unpaired) electrons. The van der Waals surface area contributed by atoms with E-state index in [1.54, 1.807) is 12.1 Å². The minimum absolute atomic E-state index is 0.0966. The molecule has 0 fully saturated rings. The van der Waals surface area contributed by atoms with Gasteiger partial charge in [0, 0.05) is 23.8 Å². The summed E-state index contributed by atoms with van der Waals surface area (Å²) in [7, 11) is 1.83. The fourth-order valence-electron chi connectivity index (χ4n) is 3.73. The Bertz CT molecular complexity index is 1060. The van der Waals surface area contributed by atoms with Gasteiger partial charge in [-0.1, -0.05) is 72.8 Å². The monoisotopic (exact) mass is 472 g/mol. The molecule has 3 rings (SSSR count). The van der Waals surface area contributed by atoms with Gasteiger partial charge in [-0.3, -0.25) is 5.32 Å². The van der Waals surface area contributed by atoms with Crippen LogP contribution in [0.25, 0.3) is 0 Å². The van der Waals surface area contributed by atoms with Gasteiger partial charge in [-0.25, -0.2) is 0 Å². The average molecular weight is 473 g/mol. The van der Waals surface area contributed by atoms with Crippen LogP contribution in [0.5, 0.6) is 0 Å². The van der Waals surface area contributed by atoms with Crippen molar-refractivity contribution in [2.75, 3.05) is 7.05 Å². The molecule has 6 heteroatoms. The molecule has 2 atom stereocenters. The summed E-state index contributed by atoms with van der Waals surface area (Å²) < 4.78 is 38.7. The van der Waals surface area contributed by atoms with E-state index in [-0.39, 0.29) is 12.1 Å². The smallest absolute Gasteiger partial charge is 0.390 e. The third-order valence-electron chi connectivity index (χ3n) is 5.77. The van der Waals surface area contributed by atoms with Crippen molar-refractivity contribution in [2.24, 2.45) is 0 Å². The molecule has 0 heterocycles. The molecule has 3 aromatic rings. The van der Waals surface area contributed by atoms with E-state index in [4.69, 9.17) is 11.6 Å². The van der Waals surface area contributed by atoms with E-state index in [0.29, 0.717) is 17.9 Å². The van der Waals surface area contributed by atoms with Crippen LogP contribution in [0.1, 0.15) is 46.3 Å². The Morgan fingerprint density at radius 2 is 1.64 bits per heavy atom. The van der Waals surface area contributed by atoms with Crippen molar-refractivity contribution in [2.45, 2.75) is 38.0 Å². The lowest BCUT2D eigenvalue weighted by molar-refractivity contribution is -0.137.